The highest BCUT2D eigenvalue weighted by Gasteiger charge is 2.21. The zero-order valence-corrected chi connectivity index (χ0v) is 8.48. The van der Waals surface area contributed by atoms with Crippen LogP contribution in [0.5, 0.6) is 0 Å². The number of hydrogen-bond donors (Lipinski definition) is 1. The highest BCUT2D eigenvalue weighted by atomic mass is 16.5. The summed E-state index contributed by atoms with van der Waals surface area (Å²) in [6.07, 6.45) is 3.37. The minimum Gasteiger partial charge on any atom is -0.411 e. The lowest BCUT2D eigenvalue weighted by Crippen LogP contribution is -2.24. The Kier molecular flexibility index (Phi) is 3.37. The third-order valence-corrected chi connectivity index (χ3v) is 3.14. The van der Waals surface area contributed by atoms with E-state index in [2.05, 4.69) is 10.1 Å². The summed E-state index contributed by atoms with van der Waals surface area (Å²) < 4.78 is 5.33. The first-order valence-corrected chi connectivity index (χ1v) is 5.38. The number of likely N-dealkylation sites (tertiary alicyclic amines) is 1. The summed E-state index contributed by atoms with van der Waals surface area (Å²) in [5, 5.41) is 11.9. The molecule has 1 unspecified atom stereocenters. The van der Waals surface area contributed by atoms with E-state index in [1.54, 1.807) is 0 Å². The quantitative estimate of drug-likeness (QED) is 0.542. The molecule has 80 valence electrons. The van der Waals surface area contributed by atoms with Crippen molar-refractivity contribution in [3.05, 3.63) is 0 Å². The van der Waals surface area contributed by atoms with Crippen LogP contribution < -0.4 is 0 Å². The van der Waals surface area contributed by atoms with E-state index in [0.29, 0.717) is 0 Å². The number of ether oxygens (including phenoxy) is 1. The molecule has 0 spiro atoms. The van der Waals surface area contributed by atoms with Crippen molar-refractivity contribution in [2.45, 2.75) is 19.3 Å². The summed E-state index contributed by atoms with van der Waals surface area (Å²) in [4.78, 5) is 2.35. The standard InChI is InChI=1S/C10H18N2O2/c13-11-10-2-5-12(7-10)4-1-9-3-6-14-8-9/h9,13H,1-8H2/b11-10+. The summed E-state index contributed by atoms with van der Waals surface area (Å²) in [7, 11) is 0. The first-order valence-electron chi connectivity index (χ1n) is 5.38. The Labute approximate surface area is 84.5 Å². The lowest BCUT2D eigenvalue weighted by molar-refractivity contribution is 0.180. The van der Waals surface area contributed by atoms with E-state index in [1.165, 1.54) is 12.8 Å². The van der Waals surface area contributed by atoms with Gasteiger partial charge in [-0.1, -0.05) is 5.16 Å². The highest BCUT2D eigenvalue weighted by Crippen LogP contribution is 2.17. The van der Waals surface area contributed by atoms with Crippen molar-refractivity contribution < 1.29 is 9.94 Å². The van der Waals surface area contributed by atoms with Gasteiger partial charge in [0.1, 0.15) is 0 Å². The molecule has 2 fully saturated rings. The molecule has 2 rings (SSSR count). The van der Waals surface area contributed by atoms with E-state index < -0.39 is 0 Å². The van der Waals surface area contributed by atoms with Crippen molar-refractivity contribution in [2.75, 3.05) is 32.8 Å². The lowest BCUT2D eigenvalue weighted by atomic mass is 10.1. The molecule has 1 atom stereocenters. The first kappa shape index (κ1) is 9.93. The fraction of sp³-hybridized carbons (Fsp3) is 0.900. The molecule has 4 nitrogen and oxygen atoms in total. The summed E-state index contributed by atoms with van der Waals surface area (Å²) in [6, 6.07) is 0. The Morgan fingerprint density at radius 2 is 2.50 bits per heavy atom. The zero-order valence-electron chi connectivity index (χ0n) is 8.48. The van der Waals surface area contributed by atoms with Crippen LogP contribution in [0.25, 0.3) is 0 Å². The summed E-state index contributed by atoms with van der Waals surface area (Å²) in [5.74, 6) is 0.755. The maximum atomic E-state index is 8.60. The molecular formula is C10H18N2O2. The molecule has 0 amide bonds. The SMILES string of the molecule is O/N=C1\CCN(CCC2CCOC2)C1. The van der Waals surface area contributed by atoms with Crippen LogP contribution >= 0.6 is 0 Å². The predicted octanol–water partition coefficient (Wildman–Crippen LogP) is 0.949. The second kappa shape index (κ2) is 4.75. The molecule has 2 aliphatic heterocycles. The molecule has 1 N–H and O–H groups in total. The van der Waals surface area contributed by atoms with Crippen LogP contribution in [0, 0.1) is 5.92 Å². The van der Waals surface area contributed by atoms with Crippen LogP contribution in [-0.4, -0.2) is 48.7 Å². The molecule has 0 aromatic rings. The maximum Gasteiger partial charge on any atom is 0.0723 e. The van der Waals surface area contributed by atoms with Crippen molar-refractivity contribution in [1.82, 2.24) is 4.90 Å². The molecule has 0 bridgehead atoms. The summed E-state index contributed by atoms with van der Waals surface area (Å²) >= 11 is 0. The Morgan fingerprint density at radius 1 is 1.57 bits per heavy atom. The third-order valence-electron chi connectivity index (χ3n) is 3.14. The third kappa shape index (κ3) is 2.45. The van der Waals surface area contributed by atoms with Crippen molar-refractivity contribution in [2.24, 2.45) is 11.1 Å². The van der Waals surface area contributed by atoms with E-state index in [0.717, 1.165) is 50.9 Å². The molecule has 4 heteroatoms. The average molecular weight is 198 g/mol. The molecule has 0 aromatic carbocycles. The topological polar surface area (TPSA) is 45.1 Å². The van der Waals surface area contributed by atoms with Gasteiger partial charge in [-0.3, -0.25) is 4.90 Å². The van der Waals surface area contributed by atoms with Crippen LogP contribution in [0.3, 0.4) is 0 Å². The van der Waals surface area contributed by atoms with Gasteiger partial charge in [-0.15, -0.1) is 0 Å². The Morgan fingerprint density at radius 3 is 3.14 bits per heavy atom. The van der Waals surface area contributed by atoms with Gasteiger partial charge in [-0.05, 0) is 25.3 Å². The second-order valence-corrected chi connectivity index (χ2v) is 4.21. The number of hydrogen-bond acceptors (Lipinski definition) is 4. The maximum absolute atomic E-state index is 8.60. The highest BCUT2D eigenvalue weighted by molar-refractivity contribution is 5.87. The predicted molar refractivity (Wildman–Crippen MR) is 53.8 cm³/mol. The van der Waals surface area contributed by atoms with Gasteiger partial charge >= 0.3 is 0 Å². The minimum atomic E-state index is 0.755. The van der Waals surface area contributed by atoms with Gasteiger partial charge in [0, 0.05) is 32.7 Å². The Bertz CT molecular complexity index is 212. The van der Waals surface area contributed by atoms with Crippen molar-refractivity contribution in [1.29, 1.82) is 0 Å². The minimum absolute atomic E-state index is 0.755. The fourth-order valence-corrected chi connectivity index (χ4v) is 2.15. The van der Waals surface area contributed by atoms with Crippen LogP contribution in [0.2, 0.25) is 0 Å². The first-order chi connectivity index (χ1) is 6.88. The molecule has 0 radical (unpaired) electrons. The summed E-state index contributed by atoms with van der Waals surface area (Å²) in [5.41, 5.74) is 0.924. The van der Waals surface area contributed by atoms with Gasteiger partial charge in [0.2, 0.25) is 0 Å². The second-order valence-electron chi connectivity index (χ2n) is 4.21. The molecule has 0 saturated carbocycles. The zero-order chi connectivity index (χ0) is 9.80. The van der Waals surface area contributed by atoms with Crippen molar-refractivity contribution >= 4 is 5.71 Å². The fourth-order valence-electron chi connectivity index (χ4n) is 2.15. The largest absolute Gasteiger partial charge is 0.411 e. The molecule has 0 aromatic heterocycles. The molecule has 2 saturated heterocycles. The van der Waals surface area contributed by atoms with Crippen molar-refractivity contribution in [3.8, 4) is 0 Å². The van der Waals surface area contributed by atoms with Gasteiger partial charge in [-0.25, -0.2) is 0 Å². The van der Waals surface area contributed by atoms with E-state index in [9.17, 15) is 0 Å². The molecule has 14 heavy (non-hydrogen) atoms. The number of rotatable bonds is 3. The van der Waals surface area contributed by atoms with Crippen molar-refractivity contribution in [3.63, 3.8) is 0 Å². The van der Waals surface area contributed by atoms with Crippen LogP contribution in [-0.2, 0) is 4.74 Å². The van der Waals surface area contributed by atoms with Gasteiger partial charge in [0.05, 0.1) is 5.71 Å². The van der Waals surface area contributed by atoms with Gasteiger partial charge in [0.15, 0.2) is 0 Å². The number of nitrogens with zero attached hydrogens (tertiary/aromatic N) is 2. The van der Waals surface area contributed by atoms with E-state index >= 15 is 0 Å². The van der Waals surface area contributed by atoms with Gasteiger partial charge < -0.3 is 9.94 Å². The van der Waals surface area contributed by atoms with Crippen LogP contribution in [0.15, 0.2) is 5.16 Å². The van der Waals surface area contributed by atoms with E-state index in [4.69, 9.17) is 9.94 Å². The number of oxime groups is 1. The average Bonchev–Trinajstić information content (AvgIpc) is 2.86. The Hall–Kier alpha value is -0.610. The van der Waals surface area contributed by atoms with Crippen LogP contribution in [0.1, 0.15) is 19.3 Å². The Balaban J connectivity index is 1.66. The van der Waals surface area contributed by atoms with Crippen LogP contribution in [0.4, 0.5) is 0 Å². The van der Waals surface area contributed by atoms with Gasteiger partial charge in [-0.2, -0.15) is 0 Å². The monoisotopic (exact) mass is 198 g/mol. The molecule has 2 heterocycles. The lowest BCUT2D eigenvalue weighted by Gasteiger charge is -2.15. The van der Waals surface area contributed by atoms with Gasteiger partial charge in [0.25, 0.3) is 0 Å². The normalized spacial score (nSPS) is 31.7. The molecular weight excluding hydrogens is 180 g/mol. The van der Waals surface area contributed by atoms with E-state index in [1.807, 2.05) is 0 Å². The van der Waals surface area contributed by atoms with E-state index in [-0.39, 0.29) is 0 Å². The smallest absolute Gasteiger partial charge is 0.0723 e. The molecule has 2 aliphatic rings. The summed E-state index contributed by atoms with van der Waals surface area (Å²) in [6.45, 7) is 4.90. The molecule has 0 aliphatic carbocycles.